The normalized spacial score (nSPS) is 10.0. The van der Waals surface area contributed by atoms with E-state index in [-0.39, 0.29) is 5.91 Å². The second kappa shape index (κ2) is 6.75. The van der Waals surface area contributed by atoms with Crippen molar-refractivity contribution in [3.05, 3.63) is 71.8 Å². The topological polar surface area (TPSA) is 38.3 Å². The van der Waals surface area contributed by atoms with Gasteiger partial charge in [-0.2, -0.15) is 0 Å². The molecule has 1 N–H and O–H groups in total. The Labute approximate surface area is 125 Å². The van der Waals surface area contributed by atoms with Gasteiger partial charge < -0.3 is 10.1 Å². The second-order valence-corrected chi connectivity index (χ2v) is 5.09. The molecule has 0 aromatic heterocycles. The second-order valence-electron chi connectivity index (χ2n) is 5.09. The molecule has 0 radical (unpaired) electrons. The minimum atomic E-state index is -0.120. The van der Waals surface area contributed by atoms with Crippen molar-refractivity contribution in [3.8, 4) is 5.75 Å². The number of carbonyl (C=O) groups excluding carboxylic acids is 1. The van der Waals surface area contributed by atoms with Crippen molar-refractivity contribution in [2.45, 2.75) is 13.8 Å². The number of ether oxygens (including phenoxy) is 1. The highest BCUT2D eigenvalue weighted by atomic mass is 16.5. The monoisotopic (exact) mass is 281 g/mol. The van der Waals surface area contributed by atoms with E-state index in [9.17, 15) is 4.79 Å². The highest BCUT2D eigenvalue weighted by Gasteiger charge is 2.05. The number of aryl methyl sites for hydroxylation is 1. The lowest BCUT2D eigenvalue weighted by atomic mass is 10.1. The maximum atomic E-state index is 12.1. The van der Waals surface area contributed by atoms with E-state index in [1.165, 1.54) is 0 Å². The Hall–Kier alpha value is -2.55. The van der Waals surface area contributed by atoms with E-state index >= 15 is 0 Å². The number of anilines is 1. The van der Waals surface area contributed by atoms with E-state index in [1.807, 2.05) is 62.4 Å². The predicted octanol–water partition coefficient (Wildman–Crippen LogP) is 4.20. The molecule has 0 unspecified atom stereocenters. The quantitative estimate of drug-likeness (QED) is 0.834. The molecule has 0 fully saturated rings. The Kier molecular flexibility index (Phi) is 4.77. The number of nitrogens with one attached hydrogen (secondary N) is 1. The number of hydrogen-bond donors (Lipinski definition) is 1. The predicted molar refractivity (Wildman–Crippen MR) is 85.9 cm³/mol. The zero-order valence-electron chi connectivity index (χ0n) is 12.3. The van der Waals surface area contributed by atoms with Gasteiger partial charge in [0, 0.05) is 11.3 Å². The van der Waals surface area contributed by atoms with Crippen molar-refractivity contribution in [2.75, 3.05) is 11.9 Å². The van der Waals surface area contributed by atoms with Gasteiger partial charge in [-0.15, -0.1) is 0 Å². The van der Waals surface area contributed by atoms with E-state index in [0.29, 0.717) is 12.2 Å². The van der Waals surface area contributed by atoms with E-state index in [2.05, 4.69) is 11.9 Å². The number of rotatable bonds is 5. The number of benzene rings is 2. The Balaban J connectivity index is 1.98. The number of hydrogen-bond acceptors (Lipinski definition) is 2. The Morgan fingerprint density at radius 3 is 2.29 bits per heavy atom. The fraction of sp³-hybridized carbons (Fsp3) is 0.167. The molecule has 2 rings (SSSR count). The maximum absolute atomic E-state index is 12.1. The summed E-state index contributed by atoms with van der Waals surface area (Å²) < 4.78 is 5.51. The van der Waals surface area contributed by atoms with Gasteiger partial charge in [-0.25, -0.2) is 0 Å². The van der Waals surface area contributed by atoms with E-state index in [0.717, 1.165) is 22.6 Å². The van der Waals surface area contributed by atoms with Crippen molar-refractivity contribution >= 4 is 11.6 Å². The molecule has 0 heterocycles. The molecule has 0 spiro atoms. The Bertz CT molecular complexity index is 627. The molecule has 2 aromatic carbocycles. The van der Waals surface area contributed by atoms with Crippen LogP contribution in [0.25, 0.3) is 0 Å². The minimum Gasteiger partial charge on any atom is -0.489 e. The smallest absolute Gasteiger partial charge is 0.255 e. The van der Waals surface area contributed by atoms with E-state index in [4.69, 9.17) is 4.74 Å². The Morgan fingerprint density at radius 1 is 1.10 bits per heavy atom. The fourth-order valence-electron chi connectivity index (χ4n) is 1.75. The first-order valence-electron chi connectivity index (χ1n) is 6.80. The van der Waals surface area contributed by atoms with Crippen LogP contribution >= 0.6 is 0 Å². The highest BCUT2D eigenvalue weighted by Crippen LogP contribution is 2.17. The van der Waals surface area contributed by atoms with Crippen LogP contribution in [0.3, 0.4) is 0 Å². The van der Waals surface area contributed by atoms with Gasteiger partial charge in [-0.3, -0.25) is 4.79 Å². The number of amides is 1. The minimum absolute atomic E-state index is 0.120. The van der Waals surface area contributed by atoms with Gasteiger partial charge >= 0.3 is 0 Å². The number of carbonyl (C=O) groups is 1. The summed E-state index contributed by atoms with van der Waals surface area (Å²) >= 11 is 0. The summed E-state index contributed by atoms with van der Waals surface area (Å²) in [6.45, 7) is 8.18. The first-order chi connectivity index (χ1) is 10.0. The highest BCUT2D eigenvalue weighted by molar-refractivity contribution is 6.04. The molecule has 0 saturated carbocycles. The van der Waals surface area contributed by atoms with Crippen LogP contribution in [0.1, 0.15) is 22.8 Å². The molecular weight excluding hydrogens is 262 g/mol. The summed E-state index contributed by atoms with van der Waals surface area (Å²) in [5.74, 6) is 0.636. The summed E-state index contributed by atoms with van der Waals surface area (Å²) in [6.07, 6.45) is 0. The summed E-state index contributed by atoms with van der Waals surface area (Å²) in [7, 11) is 0. The fourth-order valence-corrected chi connectivity index (χ4v) is 1.75. The molecule has 2 aromatic rings. The molecule has 0 aliphatic rings. The van der Waals surface area contributed by atoms with Crippen LogP contribution in [0, 0.1) is 6.92 Å². The first kappa shape index (κ1) is 14.9. The molecule has 3 nitrogen and oxygen atoms in total. The lowest BCUT2D eigenvalue weighted by Gasteiger charge is -2.08. The van der Waals surface area contributed by atoms with Crippen LogP contribution in [0.15, 0.2) is 60.7 Å². The van der Waals surface area contributed by atoms with Crippen LogP contribution in [-0.4, -0.2) is 12.5 Å². The molecule has 0 bridgehead atoms. The third-order valence-corrected chi connectivity index (χ3v) is 2.91. The third kappa shape index (κ3) is 4.49. The van der Waals surface area contributed by atoms with Crippen LogP contribution in [-0.2, 0) is 0 Å². The Morgan fingerprint density at radius 2 is 1.71 bits per heavy atom. The van der Waals surface area contributed by atoms with Crippen LogP contribution in [0.5, 0.6) is 5.75 Å². The van der Waals surface area contributed by atoms with Crippen LogP contribution < -0.4 is 10.1 Å². The van der Waals surface area contributed by atoms with E-state index < -0.39 is 0 Å². The summed E-state index contributed by atoms with van der Waals surface area (Å²) in [5, 5.41) is 2.86. The third-order valence-electron chi connectivity index (χ3n) is 2.91. The lowest BCUT2D eigenvalue weighted by molar-refractivity contribution is 0.102. The van der Waals surface area contributed by atoms with Crippen molar-refractivity contribution < 1.29 is 9.53 Å². The molecule has 0 atom stereocenters. The van der Waals surface area contributed by atoms with Gasteiger partial charge in [-0.1, -0.05) is 24.3 Å². The van der Waals surface area contributed by atoms with Gasteiger partial charge in [0.25, 0.3) is 5.91 Å². The SMILES string of the molecule is C=C(C)COc1ccc(NC(=O)c2ccc(C)cc2)cc1. The average Bonchev–Trinajstić information content (AvgIpc) is 2.47. The zero-order valence-corrected chi connectivity index (χ0v) is 12.3. The first-order valence-corrected chi connectivity index (χ1v) is 6.80. The molecule has 21 heavy (non-hydrogen) atoms. The van der Waals surface area contributed by atoms with Crippen molar-refractivity contribution in [3.63, 3.8) is 0 Å². The van der Waals surface area contributed by atoms with Crippen molar-refractivity contribution in [1.82, 2.24) is 0 Å². The lowest BCUT2D eigenvalue weighted by Crippen LogP contribution is -2.11. The molecule has 0 aliphatic carbocycles. The largest absolute Gasteiger partial charge is 0.489 e. The van der Waals surface area contributed by atoms with Gasteiger partial charge in [0.2, 0.25) is 0 Å². The molecule has 1 amide bonds. The average molecular weight is 281 g/mol. The van der Waals surface area contributed by atoms with Crippen LogP contribution in [0.2, 0.25) is 0 Å². The summed E-state index contributed by atoms with van der Waals surface area (Å²) in [5.41, 5.74) is 3.48. The molecule has 108 valence electrons. The summed E-state index contributed by atoms with van der Waals surface area (Å²) in [6, 6.07) is 14.8. The van der Waals surface area contributed by atoms with E-state index in [1.54, 1.807) is 0 Å². The van der Waals surface area contributed by atoms with Crippen LogP contribution in [0.4, 0.5) is 5.69 Å². The molecule has 0 saturated heterocycles. The van der Waals surface area contributed by atoms with Crippen molar-refractivity contribution in [2.24, 2.45) is 0 Å². The summed E-state index contributed by atoms with van der Waals surface area (Å²) in [4.78, 5) is 12.1. The molecular formula is C18H19NO2. The van der Waals surface area contributed by atoms with Gasteiger partial charge in [-0.05, 0) is 55.8 Å². The maximum Gasteiger partial charge on any atom is 0.255 e. The standard InChI is InChI=1S/C18H19NO2/c1-13(2)12-21-17-10-8-16(9-11-17)19-18(20)15-6-4-14(3)5-7-15/h4-11H,1,12H2,2-3H3,(H,19,20). The van der Waals surface area contributed by atoms with Crippen molar-refractivity contribution in [1.29, 1.82) is 0 Å². The zero-order chi connectivity index (χ0) is 15.2. The van der Waals surface area contributed by atoms with Gasteiger partial charge in [0.1, 0.15) is 12.4 Å². The molecule has 0 aliphatic heterocycles. The van der Waals surface area contributed by atoms with Gasteiger partial charge in [0.15, 0.2) is 0 Å². The van der Waals surface area contributed by atoms with Gasteiger partial charge in [0.05, 0.1) is 0 Å². The molecule has 3 heteroatoms.